The maximum Gasteiger partial charge on any atom is 0.225 e. The summed E-state index contributed by atoms with van der Waals surface area (Å²) >= 11 is 8.43. The Hall–Kier alpha value is -2.48. The van der Waals surface area contributed by atoms with Crippen molar-refractivity contribution in [3.8, 4) is 16.9 Å². The van der Waals surface area contributed by atoms with E-state index in [-0.39, 0.29) is 0 Å². The molecule has 1 aliphatic heterocycles. The second-order valence-electron chi connectivity index (χ2n) is 9.28. The van der Waals surface area contributed by atoms with Crippen LogP contribution in [0.1, 0.15) is 36.2 Å². The average Bonchev–Trinajstić information content (AvgIpc) is 3.50. The molecule has 6 rings (SSSR count). The molecule has 37 heavy (non-hydrogen) atoms. The number of aryl methyl sites for hydroxylation is 2. The smallest absolute Gasteiger partial charge is 0.225 e. The molecule has 6 nitrogen and oxygen atoms in total. The second-order valence-corrected chi connectivity index (χ2v) is 11.4. The molecular formula is C28H27ClIN6P. The van der Waals surface area contributed by atoms with Gasteiger partial charge in [-0.1, -0.05) is 55.8 Å². The Balaban J connectivity index is 1.62. The molecule has 0 spiro atoms. The standard InChI is InChI=1S/C28H27ClIN6P/c1-3-17-6-5-7-18(4-2)25(17)36-26(20-8-9-24(37)27-21(20)10-13-35(27)30)22-16-34(12-11-23(22)33-36)28-31-14-19(29)15-32-28/h5-10,13-15H,3-4,11-12,16,37H2,1-2H3. The summed E-state index contributed by atoms with van der Waals surface area (Å²) in [7, 11) is 2.88. The minimum atomic E-state index is 0.543. The molecule has 0 fully saturated rings. The fourth-order valence-corrected chi connectivity index (χ4v) is 6.84. The largest absolute Gasteiger partial charge is 0.336 e. The number of fused-ring (bicyclic) bond motifs is 2. The Morgan fingerprint density at radius 1 is 1.03 bits per heavy atom. The third-order valence-electron chi connectivity index (χ3n) is 7.19. The maximum atomic E-state index is 6.07. The van der Waals surface area contributed by atoms with Crippen LogP contribution in [0.4, 0.5) is 5.95 Å². The lowest BCUT2D eigenvalue weighted by Crippen LogP contribution is -2.31. The van der Waals surface area contributed by atoms with Gasteiger partial charge in [0.05, 0.1) is 62.9 Å². The number of nitrogens with zero attached hydrogens (tertiary/aromatic N) is 6. The topological polar surface area (TPSA) is 51.8 Å². The van der Waals surface area contributed by atoms with Gasteiger partial charge in [0.15, 0.2) is 0 Å². The van der Waals surface area contributed by atoms with Gasteiger partial charge in [0.2, 0.25) is 5.95 Å². The second kappa shape index (κ2) is 10.0. The van der Waals surface area contributed by atoms with Gasteiger partial charge < -0.3 is 4.90 Å². The first kappa shape index (κ1) is 24.8. The van der Waals surface area contributed by atoms with Crippen molar-refractivity contribution in [2.75, 3.05) is 11.4 Å². The molecule has 0 aliphatic carbocycles. The van der Waals surface area contributed by atoms with Gasteiger partial charge in [-0.25, -0.2) is 14.6 Å². The van der Waals surface area contributed by atoms with Crippen molar-refractivity contribution in [3.05, 3.63) is 82.4 Å². The minimum Gasteiger partial charge on any atom is -0.336 e. The quantitative estimate of drug-likeness (QED) is 0.167. The summed E-state index contributed by atoms with van der Waals surface area (Å²) in [5, 5.41) is 8.25. The normalized spacial score (nSPS) is 13.4. The molecule has 0 amide bonds. The van der Waals surface area contributed by atoms with Crippen molar-refractivity contribution in [1.82, 2.24) is 22.5 Å². The molecule has 9 heteroatoms. The predicted molar refractivity (Wildman–Crippen MR) is 164 cm³/mol. The Bertz CT molecular complexity index is 1600. The van der Waals surface area contributed by atoms with Gasteiger partial charge in [0.25, 0.3) is 0 Å². The summed E-state index contributed by atoms with van der Waals surface area (Å²) < 4.78 is 4.40. The van der Waals surface area contributed by atoms with Crippen LogP contribution in [0.25, 0.3) is 27.8 Å². The predicted octanol–water partition coefficient (Wildman–Crippen LogP) is 6.32. The van der Waals surface area contributed by atoms with E-state index >= 15 is 0 Å². The minimum absolute atomic E-state index is 0.543. The average molecular weight is 641 g/mol. The molecule has 1 atom stereocenters. The Morgan fingerprint density at radius 2 is 1.76 bits per heavy atom. The molecule has 1 unspecified atom stereocenters. The molecule has 5 aromatic rings. The Morgan fingerprint density at radius 3 is 2.46 bits per heavy atom. The van der Waals surface area contributed by atoms with Crippen LogP contribution in [-0.4, -0.2) is 29.1 Å². The number of para-hydroxylation sites is 1. The molecule has 188 valence electrons. The third kappa shape index (κ3) is 4.25. The Kier molecular flexibility index (Phi) is 6.72. The zero-order valence-electron chi connectivity index (χ0n) is 20.7. The van der Waals surface area contributed by atoms with Gasteiger partial charge >= 0.3 is 0 Å². The van der Waals surface area contributed by atoms with Crippen molar-refractivity contribution in [2.45, 2.75) is 39.7 Å². The van der Waals surface area contributed by atoms with E-state index in [4.69, 9.17) is 16.7 Å². The number of aromatic nitrogens is 5. The highest BCUT2D eigenvalue weighted by Crippen LogP contribution is 2.39. The van der Waals surface area contributed by atoms with Crippen molar-refractivity contribution in [2.24, 2.45) is 0 Å². The first-order chi connectivity index (χ1) is 18.0. The number of hydrogen-bond acceptors (Lipinski definition) is 4. The monoisotopic (exact) mass is 640 g/mol. The van der Waals surface area contributed by atoms with Crippen LogP contribution >= 0.6 is 43.7 Å². The first-order valence-corrected chi connectivity index (χ1v) is 14.4. The molecule has 0 N–H and O–H groups in total. The summed E-state index contributed by atoms with van der Waals surface area (Å²) in [4.78, 5) is 11.2. The van der Waals surface area contributed by atoms with E-state index in [9.17, 15) is 0 Å². The summed E-state index contributed by atoms with van der Waals surface area (Å²) in [6, 6.07) is 13.3. The number of benzene rings is 2. The highest BCUT2D eigenvalue weighted by molar-refractivity contribution is 14.1. The fraction of sp³-hybridized carbons (Fsp3) is 0.250. The highest BCUT2D eigenvalue weighted by Gasteiger charge is 2.29. The number of rotatable bonds is 5. The van der Waals surface area contributed by atoms with E-state index in [0.29, 0.717) is 17.5 Å². The van der Waals surface area contributed by atoms with Gasteiger partial charge in [0.1, 0.15) is 0 Å². The summed E-state index contributed by atoms with van der Waals surface area (Å²) in [5.41, 5.74) is 9.76. The van der Waals surface area contributed by atoms with Crippen molar-refractivity contribution >= 4 is 65.9 Å². The van der Waals surface area contributed by atoms with Crippen LogP contribution in [0.2, 0.25) is 5.02 Å². The molecule has 0 radical (unpaired) electrons. The molecule has 4 heterocycles. The number of anilines is 1. The van der Waals surface area contributed by atoms with Gasteiger partial charge in [-0.3, -0.25) is 2.78 Å². The highest BCUT2D eigenvalue weighted by atomic mass is 127. The SMILES string of the molecule is CCc1cccc(CC)c1-n1nc2c(c1-c1ccc(P)c3c1ccn3I)CN(c1ncc(Cl)cn1)CC2. The lowest BCUT2D eigenvalue weighted by Gasteiger charge is -2.27. The van der Waals surface area contributed by atoms with E-state index in [2.05, 4.69) is 111 Å². The molecule has 1 aliphatic rings. The third-order valence-corrected chi connectivity index (χ3v) is 8.65. The lowest BCUT2D eigenvalue weighted by molar-refractivity contribution is 0.694. The van der Waals surface area contributed by atoms with Gasteiger partial charge in [-0.15, -0.1) is 9.24 Å². The van der Waals surface area contributed by atoms with Crippen LogP contribution in [0.15, 0.2) is 55.0 Å². The van der Waals surface area contributed by atoms with Crippen molar-refractivity contribution in [3.63, 3.8) is 0 Å². The zero-order valence-corrected chi connectivity index (χ0v) is 24.8. The van der Waals surface area contributed by atoms with E-state index in [1.807, 2.05) is 0 Å². The van der Waals surface area contributed by atoms with Gasteiger partial charge in [-0.05, 0) is 35.3 Å². The molecule has 3 aromatic heterocycles. The molecule has 0 bridgehead atoms. The van der Waals surface area contributed by atoms with Crippen molar-refractivity contribution < 1.29 is 0 Å². The van der Waals surface area contributed by atoms with Crippen LogP contribution < -0.4 is 10.2 Å². The number of halogens is 2. The van der Waals surface area contributed by atoms with Crippen molar-refractivity contribution in [1.29, 1.82) is 0 Å². The fourth-order valence-electron chi connectivity index (χ4n) is 5.39. The van der Waals surface area contributed by atoms with E-state index in [1.54, 1.807) is 12.4 Å². The summed E-state index contributed by atoms with van der Waals surface area (Å²) in [6.45, 7) is 5.94. The van der Waals surface area contributed by atoms with Gasteiger partial charge in [0, 0.05) is 42.2 Å². The number of hydrogen-bond donors (Lipinski definition) is 0. The van der Waals surface area contributed by atoms with E-state index < -0.39 is 0 Å². The molecule has 2 aromatic carbocycles. The molecule has 0 saturated heterocycles. The van der Waals surface area contributed by atoms with Gasteiger partial charge in [-0.2, -0.15) is 5.10 Å². The van der Waals surface area contributed by atoms with E-state index in [1.165, 1.54) is 44.1 Å². The molecular weight excluding hydrogens is 614 g/mol. The zero-order chi connectivity index (χ0) is 25.7. The van der Waals surface area contributed by atoms with Crippen LogP contribution in [-0.2, 0) is 25.8 Å². The van der Waals surface area contributed by atoms with Crippen LogP contribution in [0.5, 0.6) is 0 Å². The summed E-state index contributed by atoms with van der Waals surface area (Å²) in [5.74, 6) is 0.695. The maximum absolute atomic E-state index is 6.07. The van der Waals surface area contributed by atoms with Crippen LogP contribution in [0, 0.1) is 0 Å². The van der Waals surface area contributed by atoms with E-state index in [0.717, 1.165) is 37.2 Å². The first-order valence-electron chi connectivity index (χ1n) is 12.5. The summed E-state index contributed by atoms with van der Waals surface area (Å²) in [6.07, 6.45) is 8.18. The molecule has 0 saturated carbocycles. The van der Waals surface area contributed by atoms with Crippen LogP contribution in [0.3, 0.4) is 0 Å². The lowest BCUT2D eigenvalue weighted by atomic mass is 9.97. The Labute approximate surface area is 237 Å².